The lowest BCUT2D eigenvalue weighted by Crippen LogP contribution is -2.49. The Kier molecular flexibility index (Phi) is 4.94. The number of allylic oxidation sites excluding steroid dienone is 2. The van der Waals surface area contributed by atoms with Gasteiger partial charge in [0.25, 0.3) is 0 Å². The van der Waals surface area contributed by atoms with Crippen molar-refractivity contribution in [1.82, 2.24) is 4.90 Å². The van der Waals surface area contributed by atoms with E-state index in [0.29, 0.717) is 18.7 Å². The number of nitrogens with two attached hydrogens (primary N) is 1. The Morgan fingerprint density at radius 3 is 2.43 bits per heavy atom. The number of benzene rings is 1. The third-order valence-corrected chi connectivity index (χ3v) is 5.72. The molecule has 1 aromatic carbocycles. The number of nitriles is 3. The van der Waals surface area contributed by atoms with Crippen molar-refractivity contribution >= 4 is 0 Å². The van der Waals surface area contributed by atoms with Crippen LogP contribution in [0.2, 0.25) is 0 Å². The smallest absolute Gasteiger partial charge is 0.191 e. The molecule has 1 aromatic rings. The molecule has 0 saturated heterocycles. The van der Waals surface area contributed by atoms with Gasteiger partial charge in [-0.3, -0.25) is 4.90 Å². The van der Waals surface area contributed by atoms with Crippen molar-refractivity contribution in [3.63, 3.8) is 0 Å². The Morgan fingerprint density at radius 1 is 1.21 bits per heavy atom. The molecule has 0 saturated carbocycles. The van der Waals surface area contributed by atoms with Gasteiger partial charge in [-0.15, -0.1) is 0 Å². The third kappa shape index (κ3) is 2.74. The van der Waals surface area contributed by atoms with E-state index in [0.717, 1.165) is 12.1 Å². The van der Waals surface area contributed by atoms with Gasteiger partial charge in [-0.2, -0.15) is 15.8 Å². The second-order valence-electron chi connectivity index (χ2n) is 7.39. The summed E-state index contributed by atoms with van der Waals surface area (Å²) in [7, 11) is 0. The molecule has 28 heavy (non-hydrogen) atoms. The average Bonchev–Trinajstić information content (AvgIpc) is 2.67. The van der Waals surface area contributed by atoms with Crippen LogP contribution in [-0.4, -0.2) is 24.0 Å². The maximum Gasteiger partial charge on any atom is 0.191 e. The maximum absolute atomic E-state index is 14.8. The Bertz CT molecular complexity index is 989. The van der Waals surface area contributed by atoms with E-state index in [2.05, 4.69) is 4.90 Å². The first kappa shape index (κ1) is 19.5. The molecule has 2 aliphatic rings. The fourth-order valence-corrected chi connectivity index (χ4v) is 4.22. The van der Waals surface area contributed by atoms with E-state index in [9.17, 15) is 24.6 Å². The van der Waals surface area contributed by atoms with Crippen molar-refractivity contribution in [2.24, 2.45) is 17.1 Å². The zero-order valence-electron chi connectivity index (χ0n) is 15.6. The van der Waals surface area contributed by atoms with Crippen molar-refractivity contribution in [2.75, 3.05) is 13.1 Å². The van der Waals surface area contributed by atoms with E-state index in [4.69, 9.17) is 5.73 Å². The minimum absolute atomic E-state index is 0.0472. The molecule has 0 bridgehead atoms. The van der Waals surface area contributed by atoms with Gasteiger partial charge in [0.1, 0.15) is 17.7 Å². The van der Waals surface area contributed by atoms with Crippen molar-refractivity contribution in [1.29, 1.82) is 15.8 Å². The molecule has 0 radical (unpaired) electrons. The van der Waals surface area contributed by atoms with Gasteiger partial charge in [-0.1, -0.05) is 12.1 Å². The minimum atomic E-state index is -1.92. The number of halogens is 2. The summed E-state index contributed by atoms with van der Waals surface area (Å²) in [5, 5.41) is 29.5. The summed E-state index contributed by atoms with van der Waals surface area (Å²) in [5.41, 5.74) is 4.83. The summed E-state index contributed by atoms with van der Waals surface area (Å²) >= 11 is 0. The van der Waals surface area contributed by atoms with Gasteiger partial charge in [-0.25, -0.2) is 8.78 Å². The zero-order chi connectivity index (χ0) is 20.6. The van der Waals surface area contributed by atoms with Gasteiger partial charge in [0.15, 0.2) is 5.41 Å². The summed E-state index contributed by atoms with van der Waals surface area (Å²) in [6.45, 7) is 5.01. The molecule has 0 spiro atoms. The van der Waals surface area contributed by atoms with Crippen molar-refractivity contribution in [3.05, 3.63) is 58.3 Å². The molecule has 2 N–H and O–H groups in total. The average molecular weight is 379 g/mol. The molecule has 1 aliphatic heterocycles. The molecular weight excluding hydrogens is 360 g/mol. The highest BCUT2D eigenvalue weighted by atomic mass is 19.1. The molecule has 0 unspecified atom stereocenters. The first-order valence-electron chi connectivity index (χ1n) is 8.93. The van der Waals surface area contributed by atoms with Crippen molar-refractivity contribution in [3.8, 4) is 18.2 Å². The SMILES string of the molecule is CC(C)N1CC=C2C(C#N)=C(N)C(C#N)(C#N)[C@@H](c3ccc(F)cc3F)[C@H]2C1. The number of fused-ring (bicyclic) bond motifs is 1. The highest BCUT2D eigenvalue weighted by Crippen LogP contribution is 2.54. The molecule has 142 valence electrons. The molecule has 0 amide bonds. The van der Waals surface area contributed by atoms with Crippen LogP contribution in [0.5, 0.6) is 0 Å². The first-order chi connectivity index (χ1) is 13.3. The highest BCUT2D eigenvalue weighted by Gasteiger charge is 2.55. The van der Waals surface area contributed by atoms with E-state index in [-0.39, 0.29) is 22.9 Å². The fraction of sp³-hybridized carbons (Fsp3) is 0.381. The Hall–Kier alpha value is -3.21. The van der Waals surface area contributed by atoms with Gasteiger partial charge in [-0.05, 0) is 31.1 Å². The quantitative estimate of drug-likeness (QED) is 0.851. The van der Waals surface area contributed by atoms with E-state index >= 15 is 0 Å². The predicted molar refractivity (Wildman–Crippen MR) is 97.9 cm³/mol. The maximum atomic E-state index is 14.8. The van der Waals surface area contributed by atoms with Crippen molar-refractivity contribution < 1.29 is 8.78 Å². The standard InChI is InChI=1S/C21H19F2N5/c1-12(2)28-6-5-14-16(8-24)20(27)21(10-25,11-26)19(17(14)9-28)15-4-3-13(22)7-18(15)23/h3-5,7,12,17,19H,6,9,27H2,1-2H3/t17-,19-/m0/s1. The molecule has 3 rings (SSSR count). The second kappa shape index (κ2) is 7.08. The number of rotatable bonds is 2. The number of nitrogens with zero attached hydrogens (tertiary/aromatic N) is 4. The molecule has 7 heteroatoms. The normalized spacial score (nSPS) is 24.0. The van der Waals surface area contributed by atoms with Crippen LogP contribution in [-0.2, 0) is 0 Å². The van der Waals surface area contributed by atoms with Crippen LogP contribution in [0.3, 0.4) is 0 Å². The van der Waals surface area contributed by atoms with Gasteiger partial charge in [0, 0.05) is 37.0 Å². The molecule has 1 aliphatic carbocycles. The summed E-state index contributed by atoms with van der Waals surface area (Å²) in [5.74, 6) is -3.06. The fourth-order valence-electron chi connectivity index (χ4n) is 4.22. The van der Waals surface area contributed by atoms with Gasteiger partial charge in [0.05, 0.1) is 23.4 Å². The van der Waals surface area contributed by atoms with E-state index in [1.165, 1.54) is 6.07 Å². The molecular formula is C21H19F2N5. The second-order valence-corrected chi connectivity index (χ2v) is 7.39. The van der Waals surface area contributed by atoms with E-state index in [1.807, 2.05) is 38.1 Å². The van der Waals surface area contributed by atoms with E-state index in [1.54, 1.807) is 0 Å². The summed E-state index contributed by atoms with van der Waals surface area (Å²) < 4.78 is 28.3. The van der Waals surface area contributed by atoms with E-state index < -0.39 is 28.9 Å². The van der Waals surface area contributed by atoms with Crippen LogP contribution in [0.25, 0.3) is 0 Å². The van der Waals surface area contributed by atoms with Gasteiger partial charge >= 0.3 is 0 Å². The summed E-state index contributed by atoms with van der Waals surface area (Å²) in [6, 6.07) is 9.19. The third-order valence-electron chi connectivity index (χ3n) is 5.72. The number of hydrogen-bond donors (Lipinski definition) is 1. The minimum Gasteiger partial charge on any atom is -0.399 e. The lowest BCUT2D eigenvalue weighted by atomic mass is 9.58. The highest BCUT2D eigenvalue weighted by molar-refractivity contribution is 5.59. The lowest BCUT2D eigenvalue weighted by molar-refractivity contribution is 0.172. The monoisotopic (exact) mass is 379 g/mol. The molecule has 1 heterocycles. The lowest BCUT2D eigenvalue weighted by Gasteiger charge is -2.46. The van der Waals surface area contributed by atoms with Crippen LogP contribution in [0, 0.1) is 57.0 Å². The number of hydrogen-bond acceptors (Lipinski definition) is 5. The summed E-state index contributed by atoms with van der Waals surface area (Å²) in [4.78, 5) is 2.11. The Balaban J connectivity index is 2.33. The Labute approximate surface area is 162 Å². The molecule has 0 aromatic heterocycles. The molecule has 2 atom stereocenters. The van der Waals surface area contributed by atoms with Crippen LogP contribution < -0.4 is 5.73 Å². The van der Waals surface area contributed by atoms with Gasteiger partial charge in [0.2, 0.25) is 0 Å². The van der Waals surface area contributed by atoms with Gasteiger partial charge < -0.3 is 5.73 Å². The Morgan fingerprint density at radius 2 is 1.89 bits per heavy atom. The van der Waals surface area contributed by atoms with Crippen LogP contribution in [0.15, 0.2) is 41.1 Å². The largest absolute Gasteiger partial charge is 0.399 e. The molecule has 5 nitrogen and oxygen atoms in total. The summed E-state index contributed by atoms with van der Waals surface area (Å²) in [6.07, 6.45) is 1.85. The zero-order valence-corrected chi connectivity index (χ0v) is 15.6. The van der Waals surface area contributed by atoms with Crippen LogP contribution >= 0.6 is 0 Å². The van der Waals surface area contributed by atoms with Crippen LogP contribution in [0.1, 0.15) is 25.3 Å². The topological polar surface area (TPSA) is 101 Å². The molecule has 0 fully saturated rings. The van der Waals surface area contributed by atoms with Crippen LogP contribution in [0.4, 0.5) is 8.78 Å². The van der Waals surface area contributed by atoms with Crippen molar-refractivity contribution in [2.45, 2.75) is 25.8 Å². The first-order valence-corrected chi connectivity index (χ1v) is 8.93. The predicted octanol–water partition coefficient (Wildman–Crippen LogP) is 3.10.